The average Bonchev–Trinajstić information content (AvgIpc) is 2.24. The summed E-state index contributed by atoms with van der Waals surface area (Å²) in [6.45, 7) is 7.23. The monoisotopic (exact) mass is 195 g/mol. The molecule has 2 unspecified atom stereocenters. The van der Waals surface area contributed by atoms with Crippen LogP contribution in [0.4, 0.5) is 0 Å². The molecule has 0 spiro atoms. The van der Waals surface area contributed by atoms with Gasteiger partial charge in [-0.3, -0.25) is 0 Å². The highest BCUT2D eigenvalue weighted by atomic mass is 14.9. The Morgan fingerprint density at radius 3 is 3.00 bits per heavy atom. The van der Waals surface area contributed by atoms with Crippen LogP contribution in [0, 0.1) is 5.92 Å². The van der Waals surface area contributed by atoms with Gasteiger partial charge in [-0.2, -0.15) is 0 Å². The Balaban J connectivity index is 2.17. The SMILES string of the molecule is C=CCCC1CCCC(NCCC)C1. The number of allylic oxidation sites excluding steroid dienone is 1. The molecule has 0 amide bonds. The lowest BCUT2D eigenvalue weighted by Crippen LogP contribution is -2.34. The van der Waals surface area contributed by atoms with Gasteiger partial charge in [-0.05, 0) is 44.6 Å². The number of rotatable bonds is 6. The molecular formula is C13H25N. The summed E-state index contributed by atoms with van der Waals surface area (Å²) in [5.41, 5.74) is 0. The van der Waals surface area contributed by atoms with Gasteiger partial charge in [0, 0.05) is 6.04 Å². The normalized spacial score (nSPS) is 27.5. The van der Waals surface area contributed by atoms with Crippen molar-refractivity contribution in [3.8, 4) is 0 Å². The van der Waals surface area contributed by atoms with E-state index in [1.807, 2.05) is 0 Å². The summed E-state index contributed by atoms with van der Waals surface area (Å²) in [5.74, 6) is 0.955. The van der Waals surface area contributed by atoms with E-state index in [9.17, 15) is 0 Å². The van der Waals surface area contributed by atoms with Crippen LogP contribution in [0.15, 0.2) is 12.7 Å². The summed E-state index contributed by atoms with van der Waals surface area (Å²) in [6.07, 6.45) is 11.5. The minimum Gasteiger partial charge on any atom is -0.314 e. The molecule has 0 radical (unpaired) electrons. The van der Waals surface area contributed by atoms with Crippen molar-refractivity contribution in [2.75, 3.05) is 6.54 Å². The molecule has 0 bridgehead atoms. The smallest absolute Gasteiger partial charge is 0.00697 e. The maximum Gasteiger partial charge on any atom is 0.00697 e. The van der Waals surface area contributed by atoms with Crippen molar-refractivity contribution in [2.45, 2.75) is 57.9 Å². The maximum absolute atomic E-state index is 3.80. The van der Waals surface area contributed by atoms with Crippen molar-refractivity contribution in [2.24, 2.45) is 5.92 Å². The van der Waals surface area contributed by atoms with Crippen LogP contribution < -0.4 is 5.32 Å². The average molecular weight is 195 g/mol. The van der Waals surface area contributed by atoms with E-state index in [1.54, 1.807) is 0 Å². The maximum atomic E-state index is 3.80. The third-order valence-corrected chi connectivity index (χ3v) is 3.24. The summed E-state index contributed by atoms with van der Waals surface area (Å²) in [6, 6.07) is 0.804. The first kappa shape index (κ1) is 11.8. The highest BCUT2D eigenvalue weighted by Crippen LogP contribution is 2.27. The zero-order valence-electron chi connectivity index (χ0n) is 9.60. The van der Waals surface area contributed by atoms with Gasteiger partial charge in [-0.1, -0.05) is 25.8 Å². The summed E-state index contributed by atoms with van der Waals surface area (Å²) in [7, 11) is 0. The fourth-order valence-electron chi connectivity index (χ4n) is 2.44. The van der Waals surface area contributed by atoms with Crippen molar-refractivity contribution in [1.29, 1.82) is 0 Å². The molecule has 0 aromatic carbocycles. The van der Waals surface area contributed by atoms with Crippen molar-refractivity contribution in [1.82, 2.24) is 5.32 Å². The van der Waals surface area contributed by atoms with Crippen LogP contribution in [-0.4, -0.2) is 12.6 Å². The predicted molar refractivity (Wildman–Crippen MR) is 63.5 cm³/mol. The van der Waals surface area contributed by atoms with Gasteiger partial charge in [0.15, 0.2) is 0 Å². The van der Waals surface area contributed by atoms with Crippen LogP contribution in [0.3, 0.4) is 0 Å². The molecule has 0 aromatic heterocycles. The first-order valence-electron chi connectivity index (χ1n) is 6.21. The zero-order valence-corrected chi connectivity index (χ0v) is 9.60. The Kier molecular flexibility index (Phi) is 5.93. The Hall–Kier alpha value is -0.300. The van der Waals surface area contributed by atoms with Gasteiger partial charge in [0.05, 0.1) is 0 Å². The minimum atomic E-state index is 0.804. The number of nitrogens with one attached hydrogen (secondary N) is 1. The first-order valence-corrected chi connectivity index (χ1v) is 6.21. The third kappa shape index (κ3) is 4.28. The van der Waals surface area contributed by atoms with Crippen molar-refractivity contribution in [3.05, 3.63) is 12.7 Å². The van der Waals surface area contributed by atoms with Crippen LogP contribution in [0.1, 0.15) is 51.9 Å². The minimum absolute atomic E-state index is 0.804. The van der Waals surface area contributed by atoms with E-state index in [4.69, 9.17) is 0 Å². The van der Waals surface area contributed by atoms with Gasteiger partial charge in [0.25, 0.3) is 0 Å². The second-order valence-electron chi connectivity index (χ2n) is 4.55. The molecule has 1 saturated carbocycles. The molecule has 1 N–H and O–H groups in total. The number of hydrogen-bond acceptors (Lipinski definition) is 1. The molecule has 1 aliphatic carbocycles. The number of hydrogen-bond donors (Lipinski definition) is 1. The Morgan fingerprint density at radius 2 is 2.29 bits per heavy atom. The molecular weight excluding hydrogens is 170 g/mol. The lowest BCUT2D eigenvalue weighted by Gasteiger charge is -2.29. The van der Waals surface area contributed by atoms with E-state index in [0.717, 1.165) is 12.0 Å². The molecule has 0 aromatic rings. The van der Waals surface area contributed by atoms with E-state index in [-0.39, 0.29) is 0 Å². The molecule has 82 valence electrons. The molecule has 1 fully saturated rings. The summed E-state index contributed by atoms with van der Waals surface area (Å²) < 4.78 is 0. The summed E-state index contributed by atoms with van der Waals surface area (Å²) in [5, 5.41) is 3.65. The highest BCUT2D eigenvalue weighted by Gasteiger charge is 2.20. The van der Waals surface area contributed by atoms with Gasteiger partial charge in [-0.25, -0.2) is 0 Å². The van der Waals surface area contributed by atoms with Gasteiger partial charge in [0.2, 0.25) is 0 Å². The molecule has 1 aliphatic rings. The summed E-state index contributed by atoms with van der Waals surface area (Å²) in [4.78, 5) is 0. The van der Waals surface area contributed by atoms with Gasteiger partial charge in [0.1, 0.15) is 0 Å². The van der Waals surface area contributed by atoms with E-state index in [0.29, 0.717) is 0 Å². The summed E-state index contributed by atoms with van der Waals surface area (Å²) >= 11 is 0. The Labute approximate surface area is 89.0 Å². The highest BCUT2D eigenvalue weighted by molar-refractivity contribution is 4.79. The lowest BCUT2D eigenvalue weighted by atomic mass is 9.83. The van der Waals surface area contributed by atoms with Crippen molar-refractivity contribution < 1.29 is 0 Å². The Bertz CT molecular complexity index is 153. The molecule has 1 rings (SSSR count). The van der Waals surface area contributed by atoms with Crippen LogP contribution in [0.5, 0.6) is 0 Å². The lowest BCUT2D eigenvalue weighted by molar-refractivity contribution is 0.275. The van der Waals surface area contributed by atoms with E-state index >= 15 is 0 Å². The fraction of sp³-hybridized carbons (Fsp3) is 0.846. The van der Waals surface area contributed by atoms with Gasteiger partial charge in [-0.15, -0.1) is 6.58 Å². The molecule has 1 nitrogen and oxygen atoms in total. The molecule has 0 saturated heterocycles. The largest absolute Gasteiger partial charge is 0.314 e. The molecule has 2 atom stereocenters. The first-order chi connectivity index (χ1) is 6.86. The fourth-order valence-corrected chi connectivity index (χ4v) is 2.44. The van der Waals surface area contributed by atoms with Crippen molar-refractivity contribution in [3.63, 3.8) is 0 Å². The van der Waals surface area contributed by atoms with E-state index in [1.165, 1.54) is 51.5 Å². The van der Waals surface area contributed by atoms with Crippen molar-refractivity contribution >= 4 is 0 Å². The molecule has 14 heavy (non-hydrogen) atoms. The van der Waals surface area contributed by atoms with Crippen LogP contribution in [-0.2, 0) is 0 Å². The zero-order chi connectivity index (χ0) is 10.2. The molecule has 0 aliphatic heterocycles. The standard InChI is InChI=1S/C13H25N/c1-3-5-7-12-8-6-9-13(11-12)14-10-4-2/h3,12-14H,1,4-11H2,2H3. The quantitative estimate of drug-likeness (QED) is 0.640. The molecule has 0 heterocycles. The second-order valence-corrected chi connectivity index (χ2v) is 4.55. The van der Waals surface area contributed by atoms with E-state index < -0.39 is 0 Å². The topological polar surface area (TPSA) is 12.0 Å². The second kappa shape index (κ2) is 7.05. The van der Waals surface area contributed by atoms with Crippen LogP contribution >= 0.6 is 0 Å². The van der Waals surface area contributed by atoms with Crippen LogP contribution in [0.2, 0.25) is 0 Å². The molecule has 1 heteroatoms. The van der Waals surface area contributed by atoms with E-state index in [2.05, 4.69) is 24.9 Å². The Morgan fingerprint density at radius 1 is 1.43 bits per heavy atom. The predicted octanol–water partition coefficient (Wildman–Crippen LogP) is 3.51. The third-order valence-electron chi connectivity index (χ3n) is 3.24. The van der Waals surface area contributed by atoms with Gasteiger partial charge >= 0.3 is 0 Å². The van der Waals surface area contributed by atoms with Crippen LogP contribution in [0.25, 0.3) is 0 Å². The van der Waals surface area contributed by atoms with Gasteiger partial charge < -0.3 is 5.32 Å².